The van der Waals surface area contributed by atoms with Crippen molar-refractivity contribution in [1.29, 1.82) is 0 Å². The molecule has 1 aromatic heterocycles. The van der Waals surface area contributed by atoms with Crippen molar-refractivity contribution in [3.8, 4) is 0 Å². The Kier molecular flexibility index (Phi) is 3.22. The molecule has 0 aliphatic rings. The second-order valence-electron chi connectivity index (χ2n) is 2.70. The summed E-state index contributed by atoms with van der Waals surface area (Å²) in [5.41, 5.74) is 5.57. The molecule has 0 fully saturated rings. The summed E-state index contributed by atoms with van der Waals surface area (Å²) in [7, 11) is 3.02. The van der Waals surface area contributed by atoms with Gasteiger partial charge in [0, 0.05) is 19.4 Å². The Morgan fingerprint density at radius 1 is 1.57 bits per heavy atom. The van der Waals surface area contributed by atoms with Crippen LogP contribution in [0.3, 0.4) is 0 Å². The van der Waals surface area contributed by atoms with Crippen LogP contribution in [-0.2, 0) is 9.53 Å². The number of carbonyl (C=O) groups is 1. The predicted molar refractivity (Wildman–Crippen MR) is 51.7 cm³/mol. The predicted octanol–water partition coefficient (Wildman–Crippen LogP) is -0.332. The van der Waals surface area contributed by atoms with Crippen molar-refractivity contribution in [2.75, 3.05) is 31.3 Å². The number of carbonyl (C=O) groups excluding carboxylic acids is 1. The van der Waals surface area contributed by atoms with E-state index in [9.17, 15) is 4.79 Å². The zero-order valence-electron chi connectivity index (χ0n) is 8.10. The molecule has 0 atom stereocenters. The van der Waals surface area contributed by atoms with E-state index in [0.717, 1.165) is 0 Å². The van der Waals surface area contributed by atoms with Crippen molar-refractivity contribution >= 4 is 17.6 Å². The normalized spacial score (nSPS) is 9.57. The molecule has 14 heavy (non-hydrogen) atoms. The van der Waals surface area contributed by atoms with E-state index >= 15 is 0 Å². The van der Waals surface area contributed by atoms with Crippen LogP contribution in [0.4, 0.5) is 11.6 Å². The number of nitrogens with two attached hydrogens (primary N) is 1. The number of rotatable bonds is 3. The Morgan fingerprint density at radius 3 is 2.79 bits per heavy atom. The van der Waals surface area contributed by atoms with Crippen LogP contribution in [0.5, 0.6) is 0 Å². The molecule has 0 unspecified atom stereocenters. The van der Waals surface area contributed by atoms with Crippen molar-refractivity contribution < 1.29 is 9.53 Å². The van der Waals surface area contributed by atoms with Crippen LogP contribution in [0.2, 0.25) is 0 Å². The minimum atomic E-state index is -0.349. The van der Waals surface area contributed by atoms with E-state index in [-0.39, 0.29) is 12.5 Å². The van der Waals surface area contributed by atoms with E-state index < -0.39 is 0 Å². The summed E-state index contributed by atoms with van der Waals surface area (Å²) in [6.07, 6.45) is 3.00. The summed E-state index contributed by atoms with van der Waals surface area (Å²) in [5, 5.41) is 0. The second kappa shape index (κ2) is 4.40. The Morgan fingerprint density at radius 2 is 2.21 bits per heavy atom. The fourth-order valence-corrected chi connectivity index (χ4v) is 0.969. The van der Waals surface area contributed by atoms with Gasteiger partial charge in [-0.05, 0) is 0 Å². The molecule has 1 aromatic rings. The van der Waals surface area contributed by atoms with E-state index in [4.69, 9.17) is 5.73 Å². The number of esters is 1. The molecule has 1 rings (SSSR count). The average Bonchev–Trinajstić information content (AvgIpc) is 2.18. The molecule has 0 bridgehead atoms. The summed E-state index contributed by atoms with van der Waals surface area (Å²) in [4.78, 5) is 20.4. The fourth-order valence-electron chi connectivity index (χ4n) is 0.969. The minimum absolute atomic E-state index is 0.0966. The quantitative estimate of drug-likeness (QED) is 0.666. The number of ether oxygens (including phenoxy) is 1. The zero-order chi connectivity index (χ0) is 10.6. The highest BCUT2D eigenvalue weighted by atomic mass is 16.5. The van der Waals surface area contributed by atoms with Crippen molar-refractivity contribution in [2.45, 2.75) is 0 Å². The molecule has 0 amide bonds. The van der Waals surface area contributed by atoms with Crippen molar-refractivity contribution in [2.24, 2.45) is 0 Å². The maximum atomic E-state index is 11.0. The Labute approximate surface area is 81.7 Å². The summed E-state index contributed by atoms with van der Waals surface area (Å²) < 4.78 is 4.51. The lowest BCUT2D eigenvalue weighted by Crippen LogP contribution is -2.28. The number of aromatic nitrogens is 2. The number of likely N-dealkylation sites (N-methyl/N-ethyl adjacent to an activating group) is 1. The average molecular weight is 196 g/mol. The van der Waals surface area contributed by atoms with Gasteiger partial charge in [-0.3, -0.25) is 4.79 Å². The maximum Gasteiger partial charge on any atom is 0.325 e. The van der Waals surface area contributed by atoms with Crippen LogP contribution in [0.25, 0.3) is 0 Å². The van der Waals surface area contributed by atoms with Crippen LogP contribution < -0.4 is 10.6 Å². The number of nitrogens with zero attached hydrogens (tertiary/aromatic N) is 3. The first-order valence-corrected chi connectivity index (χ1v) is 3.99. The number of anilines is 2. The Balaban J connectivity index is 2.74. The van der Waals surface area contributed by atoms with Gasteiger partial charge in [-0.1, -0.05) is 0 Å². The number of nitrogen functional groups attached to an aromatic ring is 1. The molecule has 1 heterocycles. The monoisotopic (exact) mass is 196 g/mol. The molecular formula is C8H12N4O2. The SMILES string of the molecule is COC(=O)CN(C)c1nccnc1N. The van der Waals surface area contributed by atoms with E-state index in [1.807, 2.05) is 0 Å². The third-order valence-electron chi connectivity index (χ3n) is 1.66. The highest BCUT2D eigenvalue weighted by molar-refractivity contribution is 5.76. The molecular weight excluding hydrogens is 184 g/mol. The highest BCUT2D eigenvalue weighted by Gasteiger charge is 2.11. The molecule has 0 aliphatic heterocycles. The van der Waals surface area contributed by atoms with E-state index in [2.05, 4.69) is 14.7 Å². The topological polar surface area (TPSA) is 81.3 Å². The van der Waals surface area contributed by atoms with Gasteiger partial charge in [0.15, 0.2) is 11.6 Å². The van der Waals surface area contributed by atoms with Gasteiger partial charge in [-0.25, -0.2) is 9.97 Å². The van der Waals surface area contributed by atoms with E-state index in [1.165, 1.54) is 19.5 Å². The molecule has 0 saturated carbocycles. The van der Waals surface area contributed by atoms with Crippen molar-refractivity contribution in [3.05, 3.63) is 12.4 Å². The van der Waals surface area contributed by atoms with Crippen LogP contribution in [0.15, 0.2) is 12.4 Å². The standard InChI is InChI=1S/C8H12N4O2/c1-12(5-6(13)14-2)8-7(9)10-3-4-11-8/h3-4H,5H2,1-2H3,(H2,9,10). The van der Waals surface area contributed by atoms with Gasteiger partial charge in [-0.2, -0.15) is 0 Å². The van der Waals surface area contributed by atoms with Crippen molar-refractivity contribution in [3.63, 3.8) is 0 Å². The van der Waals surface area contributed by atoms with Crippen LogP contribution in [0, 0.1) is 0 Å². The van der Waals surface area contributed by atoms with E-state index in [0.29, 0.717) is 11.6 Å². The van der Waals surface area contributed by atoms with Gasteiger partial charge < -0.3 is 15.4 Å². The lowest BCUT2D eigenvalue weighted by Gasteiger charge is -2.16. The lowest BCUT2D eigenvalue weighted by molar-refractivity contribution is -0.138. The summed E-state index contributed by atoms with van der Waals surface area (Å²) >= 11 is 0. The molecule has 0 saturated heterocycles. The first-order chi connectivity index (χ1) is 6.65. The largest absolute Gasteiger partial charge is 0.468 e. The second-order valence-corrected chi connectivity index (χ2v) is 2.70. The van der Waals surface area contributed by atoms with Crippen LogP contribution in [0.1, 0.15) is 0 Å². The summed E-state index contributed by atoms with van der Waals surface area (Å²) in [6.45, 7) is 0.0966. The summed E-state index contributed by atoms with van der Waals surface area (Å²) in [5.74, 6) is 0.411. The maximum absolute atomic E-state index is 11.0. The van der Waals surface area contributed by atoms with Crippen molar-refractivity contribution in [1.82, 2.24) is 9.97 Å². The molecule has 0 spiro atoms. The van der Waals surface area contributed by atoms with Gasteiger partial charge in [0.25, 0.3) is 0 Å². The smallest absolute Gasteiger partial charge is 0.325 e. The Hall–Kier alpha value is -1.85. The number of hydrogen-bond acceptors (Lipinski definition) is 6. The van der Waals surface area contributed by atoms with Gasteiger partial charge in [0.1, 0.15) is 6.54 Å². The first-order valence-electron chi connectivity index (χ1n) is 3.99. The molecule has 0 radical (unpaired) electrons. The van der Waals surface area contributed by atoms with Gasteiger partial charge >= 0.3 is 5.97 Å². The van der Waals surface area contributed by atoms with Gasteiger partial charge in [0.05, 0.1) is 7.11 Å². The number of methoxy groups -OCH3 is 1. The third-order valence-corrected chi connectivity index (χ3v) is 1.66. The molecule has 6 heteroatoms. The minimum Gasteiger partial charge on any atom is -0.468 e. The zero-order valence-corrected chi connectivity index (χ0v) is 8.10. The van der Waals surface area contributed by atoms with Crippen LogP contribution in [-0.4, -0.2) is 36.6 Å². The van der Waals surface area contributed by atoms with Gasteiger partial charge in [-0.15, -0.1) is 0 Å². The first kappa shape index (κ1) is 10.2. The molecule has 0 aliphatic carbocycles. The van der Waals surface area contributed by atoms with Gasteiger partial charge in [0.2, 0.25) is 0 Å². The fraction of sp³-hybridized carbons (Fsp3) is 0.375. The Bertz CT molecular complexity index is 329. The molecule has 0 aromatic carbocycles. The molecule has 76 valence electrons. The highest BCUT2D eigenvalue weighted by Crippen LogP contribution is 2.13. The third kappa shape index (κ3) is 2.32. The molecule has 2 N–H and O–H groups in total. The van der Waals surface area contributed by atoms with E-state index in [1.54, 1.807) is 11.9 Å². The lowest BCUT2D eigenvalue weighted by atomic mass is 10.5. The summed E-state index contributed by atoms with van der Waals surface area (Å²) in [6, 6.07) is 0. The van der Waals surface area contributed by atoms with Crippen LogP contribution >= 0.6 is 0 Å². The molecule has 6 nitrogen and oxygen atoms in total. The number of hydrogen-bond donors (Lipinski definition) is 1.